The van der Waals surface area contributed by atoms with E-state index in [1.807, 2.05) is 11.0 Å². The van der Waals surface area contributed by atoms with Crippen LogP contribution in [0, 0.1) is 5.92 Å². The third-order valence-electron chi connectivity index (χ3n) is 7.90. The van der Waals surface area contributed by atoms with Crippen LogP contribution in [0.15, 0.2) is 48.5 Å². The molecule has 0 saturated carbocycles. The fourth-order valence-electron chi connectivity index (χ4n) is 5.71. The number of ether oxygens (including phenoxy) is 1. The number of nitrogens with zero attached hydrogens (tertiary/aromatic N) is 1. The average Bonchev–Trinajstić information content (AvgIpc) is 2.95. The highest BCUT2D eigenvalue weighted by atomic mass is 16.5. The van der Waals surface area contributed by atoms with Crippen LogP contribution in [0.2, 0.25) is 0 Å². The van der Waals surface area contributed by atoms with E-state index in [1.165, 1.54) is 11.1 Å². The quantitative estimate of drug-likeness (QED) is 0.266. The van der Waals surface area contributed by atoms with Gasteiger partial charge in [-0.2, -0.15) is 0 Å². The van der Waals surface area contributed by atoms with E-state index in [1.54, 1.807) is 7.11 Å². The second kappa shape index (κ2) is 15.3. The molecule has 210 valence electrons. The van der Waals surface area contributed by atoms with Crippen molar-refractivity contribution in [1.29, 1.82) is 0 Å². The number of aliphatic hydroxyl groups excluding tert-OH is 1. The van der Waals surface area contributed by atoms with E-state index >= 15 is 0 Å². The number of piperidine rings is 1. The third kappa shape index (κ3) is 8.10. The molecule has 1 aliphatic rings. The van der Waals surface area contributed by atoms with E-state index in [4.69, 9.17) is 10.5 Å². The van der Waals surface area contributed by atoms with Gasteiger partial charge in [0.15, 0.2) is 0 Å². The lowest BCUT2D eigenvalue weighted by Crippen LogP contribution is -2.50. The summed E-state index contributed by atoms with van der Waals surface area (Å²) in [5.74, 6) is -0.0780. The number of hydrogen-bond acceptors (Lipinski definition) is 6. The van der Waals surface area contributed by atoms with Gasteiger partial charge in [-0.05, 0) is 67.2 Å². The predicted molar refractivity (Wildman–Crippen MR) is 152 cm³/mol. The van der Waals surface area contributed by atoms with Crippen LogP contribution in [0.4, 0.5) is 0 Å². The van der Waals surface area contributed by atoms with Gasteiger partial charge in [0.1, 0.15) is 0 Å². The Hall–Kier alpha value is -2.29. The van der Waals surface area contributed by atoms with Gasteiger partial charge in [0.2, 0.25) is 5.91 Å². The highest BCUT2D eigenvalue weighted by Crippen LogP contribution is 2.41. The van der Waals surface area contributed by atoms with E-state index in [-0.39, 0.29) is 31.5 Å². The molecule has 5 N–H and O–H groups in total. The number of hydrogen-bond donors (Lipinski definition) is 4. The number of unbranched alkanes of at least 4 members (excludes halogenated alkanes) is 1. The Kier molecular flexibility index (Phi) is 12.2. The molecule has 1 aliphatic heterocycles. The molecule has 0 spiro atoms. The molecule has 7 nitrogen and oxygen atoms in total. The molecule has 1 heterocycles. The molecule has 3 rings (SSSR count). The lowest BCUT2D eigenvalue weighted by molar-refractivity contribution is -0.135. The molecule has 0 radical (unpaired) electrons. The molecule has 0 bridgehead atoms. The summed E-state index contributed by atoms with van der Waals surface area (Å²) < 4.78 is 5.28. The molecule has 3 atom stereocenters. The maximum atomic E-state index is 13.0. The molecule has 1 saturated heterocycles. The number of likely N-dealkylation sites (tertiary alicyclic amines) is 1. The number of amides is 1. The number of nitrogens with two attached hydrogens (primary N) is 1. The van der Waals surface area contributed by atoms with E-state index in [0.717, 1.165) is 49.7 Å². The summed E-state index contributed by atoms with van der Waals surface area (Å²) in [5, 5.41) is 25.2. The number of nitrogens with one attached hydrogen (secondary N) is 1. The zero-order valence-electron chi connectivity index (χ0n) is 23.2. The number of rotatable bonds is 15. The van der Waals surface area contributed by atoms with Crippen molar-refractivity contribution in [1.82, 2.24) is 10.2 Å². The van der Waals surface area contributed by atoms with Crippen LogP contribution in [0.5, 0.6) is 0 Å². The van der Waals surface area contributed by atoms with Gasteiger partial charge in [-0.1, -0.05) is 55.5 Å². The topological polar surface area (TPSA) is 108 Å². The van der Waals surface area contributed by atoms with E-state index in [9.17, 15) is 15.0 Å². The lowest BCUT2D eigenvalue weighted by Gasteiger charge is -2.44. The standard InChI is InChI=1S/C31H47N3O4/c1-3-24-11-4-5-12-25(24)19-26-13-6-7-15-29(26)31(37,16-8-9-18-38-2)27-14-10-17-34(23-27)30(36)22-33-21-28(35)20-32/h4-7,11-13,15,27-28,33,35,37H,3,8-10,14,16-23,32H2,1-2H3/t27-,28?,31+/m1/s1. The number of aryl methyl sites for hydroxylation is 1. The normalized spacial score (nSPS) is 18.2. The van der Waals surface area contributed by atoms with Gasteiger partial charge in [-0.3, -0.25) is 4.79 Å². The minimum atomic E-state index is -1.05. The summed E-state index contributed by atoms with van der Waals surface area (Å²) in [5.41, 5.74) is 9.15. The van der Waals surface area contributed by atoms with Gasteiger partial charge in [-0.25, -0.2) is 0 Å². The van der Waals surface area contributed by atoms with Gasteiger partial charge in [-0.15, -0.1) is 0 Å². The summed E-state index contributed by atoms with van der Waals surface area (Å²) in [6.45, 7) is 4.64. The first kappa shape index (κ1) is 30.3. The van der Waals surface area contributed by atoms with Crippen molar-refractivity contribution in [3.63, 3.8) is 0 Å². The van der Waals surface area contributed by atoms with Gasteiger partial charge in [0.25, 0.3) is 0 Å². The van der Waals surface area contributed by atoms with Gasteiger partial charge >= 0.3 is 0 Å². The Balaban J connectivity index is 1.85. The van der Waals surface area contributed by atoms with Crippen molar-refractivity contribution in [3.05, 3.63) is 70.8 Å². The van der Waals surface area contributed by atoms with Crippen LogP contribution in [0.3, 0.4) is 0 Å². The molecule has 0 aromatic heterocycles. The molecular formula is C31H47N3O4. The minimum Gasteiger partial charge on any atom is -0.390 e. The van der Waals surface area contributed by atoms with Crippen LogP contribution in [-0.4, -0.2) is 73.6 Å². The van der Waals surface area contributed by atoms with Crippen LogP contribution in [0.1, 0.15) is 61.3 Å². The average molecular weight is 526 g/mol. The Morgan fingerprint density at radius 3 is 2.58 bits per heavy atom. The fourth-order valence-corrected chi connectivity index (χ4v) is 5.71. The first-order chi connectivity index (χ1) is 18.4. The number of benzene rings is 2. The largest absolute Gasteiger partial charge is 0.390 e. The summed E-state index contributed by atoms with van der Waals surface area (Å²) in [4.78, 5) is 14.9. The van der Waals surface area contributed by atoms with Crippen molar-refractivity contribution < 1.29 is 19.7 Å². The van der Waals surface area contributed by atoms with E-state index in [2.05, 4.69) is 54.7 Å². The highest BCUT2D eigenvalue weighted by Gasteiger charge is 2.42. The van der Waals surface area contributed by atoms with Crippen LogP contribution in [0.25, 0.3) is 0 Å². The molecule has 1 fully saturated rings. The number of carbonyl (C=O) groups excluding carboxylic acids is 1. The Morgan fingerprint density at radius 1 is 1.16 bits per heavy atom. The van der Waals surface area contributed by atoms with Crippen LogP contribution >= 0.6 is 0 Å². The predicted octanol–water partition coefficient (Wildman–Crippen LogP) is 2.99. The maximum Gasteiger partial charge on any atom is 0.236 e. The highest BCUT2D eigenvalue weighted by molar-refractivity contribution is 5.78. The molecule has 2 aromatic rings. The van der Waals surface area contributed by atoms with Crippen molar-refractivity contribution in [2.75, 3.05) is 46.4 Å². The van der Waals surface area contributed by atoms with Crippen LogP contribution in [-0.2, 0) is 28.0 Å². The first-order valence-electron chi connectivity index (χ1n) is 14.2. The molecule has 2 aromatic carbocycles. The van der Waals surface area contributed by atoms with Gasteiger partial charge < -0.3 is 30.9 Å². The number of carbonyl (C=O) groups is 1. The Morgan fingerprint density at radius 2 is 1.87 bits per heavy atom. The van der Waals surface area contributed by atoms with E-state index < -0.39 is 11.7 Å². The van der Waals surface area contributed by atoms with Crippen molar-refractivity contribution >= 4 is 5.91 Å². The summed E-state index contributed by atoms with van der Waals surface area (Å²) in [7, 11) is 1.71. The number of aliphatic hydroxyl groups is 2. The summed E-state index contributed by atoms with van der Waals surface area (Å²) in [6, 6.07) is 16.8. The maximum absolute atomic E-state index is 13.0. The summed E-state index contributed by atoms with van der Waals surface area (Å²) in [6.07, 6.45) is 5.13. The van der Waals surface area contributed by atoms with Crippen molar-refractivity contribution in [2.45, 2.75) is 63.6 Å². The third-order valence-corrected chi connectivity index (χ3v) is 7.90. The Bertz CT molecular complexity index is 1000. The second-order valence-electron chi connectivity index (χ2n) is 10.5. The summed E-state index contributed by atoms with van der Waals surface area (Å²) >= 11 is 0. The SMILES string of the molecule is CCc1ccccc1Cc1ccccc1[C@](O)(CCCCOC)[C@@H]1CCCN(C(=O)CNCC(O)CN)C1. The van der Waals surface area contributed by atoms with Gasteiger partial charge in [0, 0.05) is 45.8 Å². The molecule has 38 heavy (non-hydrogen) atoms. The monoisotopic (exact) mass is 525 g/mol. The number of methoxy groups -OCH3 is 1. The van der Waals surface area contributed by atoms with Crippen LogP contribution < -0.4 is 11.1 Å². The zero-order chi connectivity index (χ0) is 27.4. The van der Waals surface area contributed by atoms with E-state index in [0.29, 0.717) is 26.1 Å². The van der Waals surface area contributed by atoms with Gasteiger partial charge in [0.05, 0.1) is 18.2 Å². The van der Waals surface area contributed by atoms with Crippen molar-refractivity contribution in [3.8, 4) is 0 Å². The molecular weight excluding hydrogens is 478 g/mol. The smallest absolute Gasteiger partial charge is 0.236 e. The fraction of sp³-hybridized carbons (Fsp3) is 0.581. The first-order valence-corrected chi connectivity index (χ1v) is 14.2. The Labute approximate surface area is 228 Å². The zero-order valence-corrected chi connectivity index (χ0v) is 23.2. The molecule has 0 aliphatic carbocycles. The minimum absolute atomic E-state index is 0.00851. The molecule has 1 amide bonds. The molecule has 1 unspecified atom stereocenters. The molecule has 7 heteroatoms. The second-order valence-corrected chi connectivity index (χ2v) is 10.5. The van der Waals surface area contributed by atoms with Crippen molar-refractivity contribution in [2.24, 2.45) is 11.7 Å². The lowest BCUT2D eigenvalue weighted by atomic mass is 9.72.